The van der Waals surface area contributed by atoms with E-state index in [1.165, 1.54) is 31.1 Å². The Morgan fingerprint density at radius 3 is 2.19 bits per heavy atom. The van der Waals surface area contributed by atoms with Crippen LogP contribution in [-0.4, -0.2) is 37.9 Å². The number of nitrogens with zero attached hydrogens (tertiary/aromatic N) is 2. The molecule has 0 aromatic heterocycles. The summed E-state index contributed by atoms with van der Waals surface area (Å²) in [6, 6.07) is 0. The topological polar surface area (TPSA) is 15.6 Å². The van der Waals surface area contributed by atoms with Crippen molar-refractivity contribution in [3.8, 4) is 0 Å². The molecule has 0 bridgehead atoms. The molecule has 118 valence electrons. The first-order valence-electron chi connectivity index (χ1n) is 6.24. The normalized spacial score (nSPS) is 15.2. The van der Waals surface area contributed by atoms with E-state index in [0.29, 0.717) is 5.57 Å². The molecule has 0 aliphatic carbocycles. The number of halogens is 4. The number of rotatable bonds is 6. The van der Waals surface area contributed by atoms with Crippen molar-refractivity contribution < 1.29 is 17.6 Å². The summed E-state index contributed by atoms with van der Waals surface area (Å²) in [4.78, 5) is 4.65. The molecule has 0 heterocycles. The van der Waals surface area contributed by atoms with Gasteiger partial charge in [-0.15, -0.1) is 0 Å². The fourth-order valence-corrected chi connectivity index (χ4v) is 1.59. The second-order valence-corrected chi connectivity index (χ2v) is 4.35. The van der Waals surface area contributed by atoms with Crippen LogP contribution in [0.1, 0.15) is 13.3 Å². The molecule has 0 aliphatic heterocycles. The van der Waals surface area contributed by atoms with Crippen molar-refractivity contribution in [1.82, 2.24) is 4.90 Å². The van der Waals surface area contributed by atoms with E-state index >= 15 is 0 Å². The van der Waals surface area contributed by atoms with Crippen LogP contribution in [0, 0.1) is 0 Å². The summed E-state index contributed by atoms with van der Waals surface area (Å²) in [7, 11) is 4.09. The molecule has 2 nitrogen and oxygen atoms in total. The largest absolute Gasteiger partial charge is 0.434 e. The van der Waals surface area contributed by atoms with Gasteiger partial charge in [0.15, 0.2) is 5.71 Å². The lowest BCUT2D eigenvalue weighted by atomic mass is 10.1. The number of hydrogen-bond donors (Lipinski definition) is 0. The van der Waals surface area contributed by atoms with Crippen molar-refractivity contribution in [1.29, 1.82) is 0 Å². The Morgan fingerprint density at radius 1 is 1.29 bits per heavy atom. The molecule has 0 saturated carbocycles. The van der Waals surface area contributed by atoms with Crippen molar-refractivity contribution in [3.63, 3.8) is 0 Å². The van der Waals surface area contributed by atoms with Crippen molar-refractivity contribution >= 4 is 5.71 Å². The van der Waals surface area contributed by atoms with Crippen LogP contribution in [-0.2, 0) is 0 Å². The maximum absolute atomic E-state index is 13.1. The van der Waals surface area contributed by atoms with Gasteiger partial charge in [-0.1, -0.05) is 18.7 Å². The molecule has 0 spiro atoms. The molecule has 0 aromatic rings. The molecule has 0 saturated heterocycles. The van der Waals surface area contributed by atoms with Gasteiger partial charge in [-0.05, 0) is 31.1 Å². The van der Waals surface area contributed by atoms with Gasteiger partial charge in [-0.25, -0.2) is 4.39 Å². The van der Waals surface area contributed by atoms with Crippen molar-refractivity contribution in [2.24, 2.45) is 4.99 Å². The molecular weight excluding hydrogens is 284 g/mol. The molecule has 0 aliphatic rings. The summed E-state index contributed by atoms with van der Waals surface area (Å²) >= 11 is 0. The average Bonchev–Trinajstić information content (AvgIpc) is 2.39. The van der Waals surface area contributed by atoms with Crippen LogP contribution in [0.25, 0.3) is 0 Å². The maximum Gasteiger partial charge on any atom is 0.434 e. The van der Waals surface area contributed by atoms with Crippen molar-refractivity contribution in [3.05, 3.63) is 48.0 Å². The van der Waals surface area contributed by atoms with E-state index in [-0.39, 0.29) is 12.1 Å². The minimum Gasteiger partial charge on any atom is -0.376 e. The quantitative estimate of drug-likeness (QED) is 0.402. The van der Waals surface area contributed by atoms with Crippen LogP contribution in [0.15, 0.2) is 53.0 Å². The zero-order chi connectivity index (χ0) is 16.6. The third-order valence-corrected chi connectivity index (χ3v) is 2.64. The van der Waals surface area contributed by atoms with Crippen LogP contribution in [0.5, 0.6) is 0 Å². The fraction of sp³-hybridized carbons (Fsp3) is 0.400. The number of alkyl halides is 3. The van der Waals surface area contributed by atoms with Crippen LogP contribution in [0.4, 0.5) is 17.6 Å². The van der Waals surface area contributed by atoms with Crippen molar-refractivity contribution in [2.75, 3.05) is 21.1 Å². The molecule has 6 heteroatoms. The highest BCUT2D eigenvalue weighted by Crippen LogP contribution is 2.24. The Bertz CT molecular complexity index is 480. The van der Waals surface area contributed by atoms with E-state index in [4.69, 9.17) is 0 Å². The standard InChI is InChI=1S/C15H20F4N2/c1-6-11(10-12(16)7-2)8-9-13(21(4)5)14(20-3)15(17,18)19/h6-7,9-10H,2,8H2,1,3-5H3/b11-6-,12-10+,13-9+,20-14+. The number of aliphatic imine (C=N–C) groups is 1. The molecule has 0 atom stereocenters. The zero-order valence-corrected chi connectivity index (χ0v) is 12.6. The third-order valence-electron chi connectivity index (χ3n) is 2.64. The minimum absolute atomic E-state index is 0.0586. The summed E-state index contributed by atoms with van der Waals surface area (Å²) in [6.07, 6.45) is 0.882. The van der Waals surface area contributed by atoms with E-state index in [0.717, 1.165) is 13.1 Å². The van der Waals surface area contributed by atoms with Crippen molar-refractivity contribution in [2.45, 2.75) is 19.5 Å². The van der Waals surface area contributed by atoms with Crippen LogP contribution >= 0.6 is 0 Å². The lowest BCUT2D eigenvalue weighted by Crippen LogP contribution is -2.31. The van der Waals surface area contributed by atoms with Gasteiger partial charge >= 0.3 is 6.18 Å². The summed E-state index contributed by atoms with van der Waals surface area (Å²) in [5, 5.41) is 0. The molecule has 0 rings (SSSR count). The molecule has 21 heavy (non-hydrogen) atoms. The van der Waals surface area contributed by atoms with Crippen LogP contribution in [0.3, 0.4) is 0 Å². The van der Waals surface area contributed by atoms with E-state index < -0.39 is 17.7 Å². The predicted octanol–water partition coefficient (Wildman–Crippen LogP) is 4.44. The van der Waals surface area contributed by atoms with E-state index in [9.17, 15) is 17.6 Å². The number of hydrogen-bond acceptors (Lipinski definition) is 2. The Balaban J connectivity index is 5.47. The zero-order valence-electron chi connectivity index (χ0n) is 12.6. The summed E-state index contributed by atoms with van der Waals surface area (Å²) in [5.74, 6) is -0.539. The molecule has 0 N–H and O–H groups in total. The smallest absolute Gasteiger partial charge is 0.376 e. The molecule has 0 radical (unpaired) electrons. The summed E-state index contributed by atoms with van der Waals surface area (Å²) < 4.78 is 51.8. The lowest BCUT2D eigenvalue weighted by molar-refractivity contribution is -0.0592. The van der Waals surface area contributed by atoms with Crippen LogP contribution < -0.4 is 0 Å². The second-order valence-electron chi connectivity index (χ2n) is 4.35. The Hall–Kier alpha value is -1.85. The van der Waals surface area contributed by atoms with E-state index in [1.54, 1.807) is 13.0 Å². The van der Waals surface area contributed by atoms with Gasteiger partial charge in [0.05, 0.1) is 5.70 Å². The average molecular weight is 304 g/mol. The molecule has 0 fully saturated rings. The first kappa shape index (κ1) is 19.1. The monoisotopic (exact) mass is 304 g/mol. The van der Waals surface area contributed by atoms with Crippen LogP contribution in [0.2, 0.25) is 0 Å². The van der Waals surface area contributed by atoms with Gasteiger partial charge in [0.2, 0.25) is 0 Å². The Labute approximate surface area is 122 Å². The molecule has 0 aromatic carbocycles. The number of allylic oxidation sites excluding steroid dienone is 7. The van der Waals surface area contributed by atoms with Gasteiger partial charge in [-0.3, -0.25) is 4.99 Å². The van der Waals surface area contributed by atoms with Gasteiger partial charge in [-0.2, -0.15) is 13.2 Å². The van der Waals surface area contributed by atoms with Gasteiger partial charge in [0, 0.05) is 21.1 Å². The molecule has 0 unspecified atom stereocenters. The third kappa shape index (κ3) is 6.42. The highest BCUT2D eigenvalue weighted by Gasteiger charge is 2.38. The Kier molecular flexibility index (Phi) is 7.70. The summed E-state index contributed by atoms with van der Waals surface area (Å²) in [6.45, 7) is 4.97. The predicted molar refractivity (Wildman–Crippen MR) is 78.9 cm³/mol. The first-order chi connectivity index (χ1) is 9.67. The van der Waals surface area contributed by atoms with Gasteiger partial charge in [0.1, 0.15) is 5.83 Å². The maximum atomic E-state index is 13.1. The van der Waals surface area contributed by atoms with Gasteiger partial charge < -0.3 is 4.90 Å². The van der Waals surface area contributed by atoms with Gasteiger partial charge in [0.25, 0.3) is 0 Å². The summed E-state index contributed by atoms with van der Waals surface area (Å²) in [5.41, 5.74) is -0.475. The molecular formula is C15H20F4N2. The van der Waals surface area contributed by atoms with E-state index in [1.807, 2.05) is 0 Å². The SMILES string of the molecule is C=C/C(F)=C\C(=C/C)C/C=C(\C(=N/C)C(F)(F)F)N(C)C. The highest BCUT2D eigenvalue weighted by atomic mass is 19.4. The van der Waals surface area contributed by atoms with E-state index in [2.05, 4.69) is 11.6 Å². The first-order valence-corrected chi connectivity index (χ1v) is 6.24. The second kappa shape index (κ2) is 8.44. The lowest BCUT2D eigenvalue weighted by Gasteiger charge is -2.21. The molecule has 0 amide bonds. The minimum atomic E-state index is -4.54. The fourth-order valence-electron chi connectivity index (χ4n) is 1.59. The Morgan fingerprint density at radius 2 is 1.86 bits per heavy atom. The highest BCUT2D eigenvalue weighted by molar-refractivity contribution is 6.03.